The Balaban J connectivity index is 1.61. The summed E-state index contributed by atoms with van der Waals surface area (Å²) in [5, 5.41) is 6.95. The van der Waals surface area contributed by atoms with Gasteiger partial charge in [-0.3, -0.25) is 0 Å². The Morgan fingerprint density at radius 3 is 1.19 bits per heavy atom. The topological polar surface area (TPSA) is 9.23 Å². The Labute approximate surface area is 255 Å². The minimum Gasteiger partial charge on any atom is -0.407 e. The van der Waals surface area contributed by atoms with Gasteiger partial charge < -0.3 is 4.43 Å². The molecule has 0 unspecified atom stereocenters. The van der Waals surface area contributed by atoms with Gasteiger partial charge in [0.15, 0.2) is 0 Å². The van der Waals surface area contributed by atoms with E-state index in [4.69, 9.17) is 4.43 Å². The van der Waals surface area contributed by atoms with Crippen LogP contribution in [0.15, 0.2) is 152 Å². The number of hydrogen-bond donors (Lipinski definition) is 0. The molecule has 0 radical (unpaired) electrons. The van der Waals surface area contributed by atoms with Crippen LogP contribution in [0.1, 0.15) is 34.1 Å². The first-order valence-corrected chi connectivity index (χ1v) is 19.1. The number of hydrogen-bond acceptors (Lipinski definition) is 1. The van der Waals surface area contributed by atoms with Gasteiger partial charge in [-0.05, 0) is 58.2 Å². The van der Waals surface area contributed by atoms with Crippen LogP contribution in [0.2, 0.25) is 5.04 Å². The van der Waals surface area contributed by atoms with Gasteiger partial charge in [-0.2, -0.15) is 0 Å². The van der Waals surface area contributed by atoms with E-state index in [1.165, 1.54) is 26.3 Å². The summed E-state index contributed by atoms with van der Waals surface area (Å²) in [7, 11) is -4.59. The molecule has 0 spiro atoms. The molecule has 214 valence electrons. The first-order valence-electron chi connectivity index (χ1n) is 15.2. The normalized spacial score (nSPS) is 13.0. The van der Waals surface area contributed by atoms with Crippen molar-refractivity contribution in [3.05, 3.63) is 152 Å². The van der Waals surface area contributed by atoms with Gasteiger partial charge in [0.1, 0.15) is 23.2 Å². The van der Waals surface area contributed by atoms with Crippen LogP contribution in [0.25, 0.3) is 0 Å². The lowest BCUT2D eigenvalue weighted by molar-refractivity contribution is 0.244. The molecule has 0 aliphatic rings. The maximum Gasteiger partial charge on any atom is 0.261 e. The van der Waals surface area contributed by atoms with E-state index in [-0.39, 0.29) is 5.04 Å². The summed E-state index contributed by atoms with van der Waals surface area (Å²) in [4.78, 5) is 0. The van der Waals surface area contributed by atoms with E-state index in [1.807, 2.05) is 0 Å². The van der Waals surface area contributed by atoms with Crippen LogP contribution in [-0.4, -0.2) is 21.1 Å². The maximum atomic E-state index is 7.53. The van der Waals surface area contributed by atoms with E-state index in [9.17, 15) is 0 Å². The molecule has 0 aliphatic carbocycles. The van der Waals surface area contributed by atoms with Crippen molar-refractivity contribution in [2.75, 3.05) is 12.8 Å². The van der Waals surface area contributed by atoms with Gasteiger partial charge in [0, 0.05) is 12.5 Å². The molecule has 1 atom stereocenters. The van der Waals surface area contributed by atoms with Crippen molar-refractivity contribution in [1.82, 2.24) is 0 Å². The molecule has 0 bridgehead atoms. The fraction of sp³-hybridized carbons (Fsp3) is 0.231. The van der Waals surface area contributed by atoms with Gasteiger partial charge in [0.05, 0.1) is 6.16 Å². The fourth-order valence-electron chi connectivity index (χ4n) is 6.50. The molecule has 0 saturated heterocycles. The molecule has 5 aromatic carbocycles. The van der Waals surface area contributed by atoms with Gasteiger partial charge in [-0.25, -0.2) is 0 Å². The minimum atomic E-state index is -2.63. The van der Waals surface area contributed by atoms with Crippen LogP contribution in [-0.2, 0) is 4.43 Å². The van der Waals surface area contributed by atoms with E-state index in [0.29, 0.717) is 5.92 Å². The van der Waals surface area contributed by atoms with Crippen LogP contribution in [0, 0.1) is 5.92 Å². The lowest BCUT2D eigenvalue weighted by Crippen LogP contribution is -2.67. The molecular weight excluding hydrogens is 543 g/mol. The molecular formula is C39H44OPSi+. The quantitative estimate of drug-likeness (QED) is 0.114. The second-order valence-electron chi connectivity index (χ2n) is 12.2. The molecule has 0 aliphatic heterocycles. The largest absolute Gasteiger partial charge is 0.407 e. The molecule has 0 fully saturated rings. The second-order valence-corrected chi connectivity index (χ2v) is 20.1. The summed E-state index contributed by atoms with van der Waals surface area (Å²) in [6.07, 6.45) is 2.13. The summed E-state index contributed by atoms with van der Waals surface area (Å²) in [6, 6.07) is 55.8. The SMILES string of the molecule is CC[C@H](CO[Si](c1ccccc1)(c1ccccc1)C(C)(C)C)C[P+](c1ccccc1)(c1ccccc1)c1ccccc1. The lowest BCUT2D eigenvalue weighted by Gasteiger charge is -2.44. The van der Waals surface area contributed by atoms with E-state index in [0.717, 1.165) is 19.2 Å². The highest BCUT2D eigenvalue weighted by molar-refractivity contribution is 7.95. The Hall–Kier alpha value is -3.29. The molecule has 3 heteroatoms. The van der Waals surface area contributed by atoms with Gasteiger partial charge in [-0.1, -0.05) is 143 Å². The van der Waals surface area contributed by atoms with Crippen molar-refractivity contribution < 1.29 is 4.43 Å². The Morgan fingerprint density at radius 2 is 0.881 bits per heavy atom. The highest BCUT2D eigenvalue weighted by atomic mass is 31.2. The van der Waals surface area contributed by atoms with Crippen molar-refractivity contribution in [2.45, 2.75) is 39.2 Å². The van der Waals surface area contributed by atoms with Crippen molar-refractivity contribution in [3.8, 4) is 0 Å². The Morgan fingerprint density at radius 1 is 0.548 bits per heavy atom. The molecule has 5 aromatic rings. The predicted octanol–water partition coefficient (Wildman–Crippen LogP) is 7.58. The van der Waals surface area contributed by atoms with Crippen molar-refractivity contribution in [1.29, 1.82) is 0 Å². The number of rotatable bonds is 11. The average molecular weight is 588 g/mol. The van der Waals surface area contributed by atoms with Crippen molar-refractivity contribution in [3.63, 3.8) is 0 Å². The Bertz CT molecular complexity index is 1360. The molecule has 0 amide bonds. The summed E-state index contributed by atoms with van der Waals surface area (Å²) in [6.45, 7) is 10.2. The zero-order valence-electron chi connectivity index (χ0n) is 25.5. The van der Waals surface area contributed by atoms with E-state index in [1.54, 1.807) is 0 Å². The summed E-state index contributed by atoms with van der Waals surface area (Å²) in [5.74, 6) is 0.389. The zero-order valence-corrected chi connectivity index (χ0v) is 27.4. The van der Waals surface area contributed by atoms with Crippen molar-refractivity contribution in [2.24, 2.45) is 5.92 Å². The zero-order chi connectivity index (χ0) is 29.5. The molecule has 1 nitrogen and oxygen atoms in total. The molecule has 0 saturated carbocycles. The Kier molecular flexibility index (Phi) is 9.59. The fourth-order valence-corrected chi connectivity index (χ4v) is 15.9. The second kappa shape index (κ2) is 13.3. The van der Waals surface area contributed by atoms with Crippen LogP contribution < -0.4 is 26.3 Å². The molecule has 0 N–H and O–H groups in total. The van der Waals surface area contributed by atoms with Gasteiger partial charge >= 0.3 is 0 Å². The highest BCUT2D eigenvalue weighted by Crippen LogP contribution is 2.57. The molecule has 42 heavy (non-hydrogen) atoms. The third kappa shape index (κ3) is 5.95. The van der Waals surface area contributed by atoms with Crippen LogP contribution in [0.3, 0.4) is 0 Å². The third-order valence-corrected chi connectivity index (χ3v) is 18.3. The standard InChI is InChI=1S/C39H44OPSi/c1-5-33(31-40-42(39(2,3)4,37-27-17-9-18-28-37)38-29-19-10-20-30-38)32-41(34-21-11-6-12-22-34,35-23-13-7-14-24-35)36-25-15-8-16-26-36/h6-30,33H,5,31-32H2,1-4H3/q+1/t33-/m1/s1. The highest BCUT2D eigenvalue weighted by Gasteiger charge is 2.52. The first-order chi connectivity index (χ1) is 20.4. The minimum absolute atomic E-state index is 0.0431. The monoisotopic (exact) mass is 587 g/mol. The number of benzene rings is 5. The first kappa shape index (κ1) is 30.2. The van der Waals surface area contributed by atoms with Gasteiger partial charge in [0.25, 0.3) is 8.32 Å². The van der Waals surface area contributed by atoms with E-state index >= 15 is 0 Å². The maximum absolute atomic E-state index is 7.53. The van der Waals surface area contributed by atoms with Gasteiger partial charge in [0.2, 0.25) is 0 Å². The van der Waals surface area contributed by atoms with Crippen molar-refractivity contribution >= 4 is 41.9 Å². The molecule has 0 heterocycles. The van der Waals surface area contributed by atoms with Crippen LogP contribution >= 0.6 is 7.26 Å². The third-order valence-electron chi connectivity index (χ3n) is 8.65. The van der Waals surface area contributed by atoms with E-state index in [2.05, 4.69) is 179 Å². The van der Waals surface area contributed by atoms with E-state index < -0.39 is 15.6 Å². The summed E-state index contributed by atoms with van der Waals surface area (Å²) < 4.78 is 7.53. The summed E-state index contributed by atoms with van der Waals surface area (Å²) in [5.41, 5.74) is 0. The molecule has 5 rings (SSSR count). The average Bonchev–Trinajstić information content (AvgIpc) is 3.04. The van der Waals surface area contributed by atoms with Crippen LogP contribution in [0.4, 0.5) is 0 Å². The smallest absolute Gasteiger partial charge is 0.261 e. The van der Waals surface area contributed by atoms with Crippen LogP contribution in [0.5, 0.6) is 0 Å². The predicted molar refractivity (Wildman–Crippen MR) is 187 cm³/mol. The lowest BCUT2D eigenvalue weighted by atomic mass is 10.1. The summed E-state index contributed by atoms with van der Waals surface area (Å²) >= 11 is 0. The molecule has 0 aromatic heterocycles. The van der Waals surface area contributed by atoms with Gasteiger partial charge in [-0.15, -0.1) is 0 Å².